The van der Waals surface area contributed by atoms with Crippen LogP contribution in [0.3, 0.4) is 0 Å². The average Bonchev–Trinajstić information content (AvgIpc) is 1.85. The molecule has 0 aromatic rings. The summed E-state index contributed by atoms with van der Waals surface area (Å²) in [6.45, 7) is 2.28. The summed E-state index contributed by atoms with van der Waals surface area (Å²) < 4.78 is 34.9. The Balaban J connectivity index is 3.84. The highest BCUT2D eigenvalue weighted by molar-refractivity contribution is 4.92. The summed E-state index contributed by atoms with van der Waals surface area (Å²) in [4.78, 5) is 0. The third-order valence-corrected chi connectivity index (χ3v) is 1.33. The zero-order valence-corrected chi connectivity index (χ0v) is 6.94. The molecule has 1 atom stereocenters. The molecule has 0 saturated carbocycles. The lowest BCUT2D eigenvalue weighted by Gasteiger charge is -2.15. The van der Waals surface area contributed by atoms with E-state index in [9.17, 15) is 13.2 Å². The second kappa shape index (κ2) is 4.31. The van der Waals surface area contributed by atoms with Crippen molar-refractivity contribution < 1.29 is 13.2 Å². The molecule has 5 heteroatoms. The van der Waals surface area contributed by atoms with Crippen molar-refractivity contribution in [2.45, 2.75) is 26.1 Å². The number of hydrogen-bond donors (Lipinski definition) is 1. The maximum absolute atomic E-state index is 11.6. The Kier molecular flexibility index (Phi) is 4.04. The van der Waals surface area contributed by atoms with Gasteiger partial charge in [-0.25, -0.2) is 0 Å². The van der Waals surface area contributed by atoms with Gasteiger partial charge in [0.1, 0.15) is 0 Å². The van der Waals surface area contributed by atoms with Gasteiger partial charge in [0.2, 0.25) is 0 Å². The fourth-order valence-corrected chi connectivity index (χ4v) is 0.656. The molecular formula is C7H11F3N2. The molecule has 0 amide bonds. The number of rotatable bonds is 3. The van der Waals surface area contributed by atoms with Crippen LogP contribution in [0.4, 0.5) is 13.2 Å². The third-order valence-electron chi connectivity index (χ3n) is 1.33. The fourth-order valence-electron chi connectivity index (χ4n) is 0.656. The topological polar surface area (TPSA) is 35.8 Å². The number of halogens is 3. The van der Waals surface area contributed by atoms with Gasteiger partial charge in [-0.1, -0.05) is 13.8 Å². The van der Waals surface area contributed by atoms with Gasteiger partial charge in [0.25, 0.3) is 0 Å². The first-order valence-corrected chi connectivity index (χ1v) is 3.56. The highest BCUT2D eigenvalue weighted by Crippen LogP contribution is 2.13. The quantitative estimate of drug-likeness (QED) is 0.717. The van der Waals surface area contributed by atoms with Crippen LogP contribution in [0.1, 0.15) is 13.8 Å². The van der Waals surface area contributed by atoms with Gasteiger partial charge in [-0.3, -0.25) is 5.32 Å². The Labute approximate surface area is 69.4 Å². The highest BCUT2D eigenvalue weighted by Gasteiger charge is 2.28. The number of alkyl halides is 3. The highest BCUT2D eigenvalue weighted by atomic mass is 19.4. The normalized spacial score (nSPS) is 14.4. The van der Waals surface area contributed by atoms with E-state index in [1.807, 2.05) is 0 Å². The number of nitriles is 1. The van der Waals surface area contributed by atoms with Crippen molar-refractivity contribution in [2.75, 3.05) is 6.54 Å². The van der Waals surface area contributed by atoms with E-state index in [1.165, 1.54) is 0 Å². The molecule has 0 heterocycles. The fraction of sp³-hybridized carbons (Fsp3) is 0.857. The van der Waals surface area contributed by atoms with Crippen molar-refractivity contribution in [3.8, 4) is 6.07 Å². The maximum Gasteiger partial charge on any atom is 0.401 e. The van der Waals surface area contributed by atoms with Crippen LogP contribution in [0.15, 0.2) is 0 Å². The maximum atomic E-state index is 11.6. The summed E-state index contributed by atoms with van der Waals surface area (Å²) >= 11 is 0. The van der Waals surface area contributed by atoms with Gasteiger partial charge in [0.15, 0.2) is 0 Å². The van der Waals surface area contributed by atoms with Crippen LogP contribution < -0.4 is 5.32 Å². The molecule has 0 aliphatic carbocycles. The van der Waals surface area contributed by atoms with Crippen LogP contribution in [0.25, 0.3) is 0 Å². The minimum Gasteiger partial charge on any atom is -0.293 e. The van der Waals surface area contributed by atoms with Gasteiger partial charge in [-0.05, 0) is 5.92 Å². The van der Waals surface area contributed by atoms with E-state index in [0.717, 1.165) is 0 Å². The Bertz CT molecular complexity index is 168. The van der Waals surface area contributed by atoms with E-state index in [0.29, 0.717) is 0 Å². The van der Waals surface area contributed by atoms with Crippen molar-refractivity contribution >= 4 is 0 Å². The molecule has 0 bridgehead atoms. The number of nitrogens with one attached hydrogen (secondary N) is 1. The molecule has 12 heavy (non-hydrogen) atoms. The lowest BCUT2D eigenvalue weighted by Crippen LogP contribution is -2.39. The molecule has 2 nitrogen and oxygen atoms in total. The second-order valence-electron chi connectivity index (χ2n) is 2.85. The minimum atomic E-state index is -4.25. The Morgan fingerprint density at radius 3 is 2.17 bits per heavy atom. The van der Waals surface area contributed by atoms with E-state index in [1.54, 1.807) is 19.9 Å². The van der Waals surface area contributed by atoms with Gasteiger partial charge in [-0.15, -0.1) is 0 Å². The van der Waals surface area contributed by atoms with E-state index in [-0.39, 0.29) is 5.92 Å². The summed E-state index contributed by atoms with van der Waals surface area (Å²) in [5.74, 6) is -0.114. The molecule has 0 spiro atoms. The van der Waals surface area contributed by atoms with E-state index < -0.39 is 18.8 Å². The van der Waals surface area contributed by atoms with Gasteiger partial charge in [0, 0.05) is 0 Å². The van der Waals surface area contributed by atoms with Crippen LogP contribution >= 0.6 is 0 Å². The predicted molar refractivity (Wildman–Crippen MR) is 38.3 cm³/mol. The predicted octanol–water partition coefficient (Wildman–Crippen LogP) is 1.69. The van der Waals surface area contributed by atoms with E-state index in [2.05, 4.69) is 5.32 Å². The third kappa shape index (κ3) is 4.97. The summed E-state index contributed by atoms with van der Waals surface area (Å²) in [7, 11) is 0. The summed E-state index contributed by atoms with van der Waals surface area (Å²) in [6, 6.07) is 1.03. The van der Waals surface area contributed by atoms with E-state index >= 15 is 0 Å². The Morgan fingerprint density at radius 2 is 1.92 bits per heavy atom. The minimum absolute atomic E-state index is 0.114. The van der Waals surface area contributed by atoms with Crippen molar-refractivity contribution in [3.05, 3.63) is 0 Å². The van der Waals surface area contributed by atoms with Gasteiger partial charge in [0.05, 0.1) is 18.7 Å². The van der Waals surface area contributed by atoms with Crippen LogP contribution in [0.5, 0.6) is 0 Å². The first-order valence-electron chi connectivity index (χ1n) is 3.56. The zero-order chi connectivity index (χ0) is 9.78. The molecular weight excluding hydrogens is 169 g/mol. The van der Waals surface area contributed by atoms with Crippen molar-refractivity contribution in [3.63, 3.8) is 0 Å². The average molecular weight is 180 g/mol. The number of hydrogen-bond acceptors (Lipinski definition) is 2. The molecule has 0 aromatic carbocycles. The van der Waals surface area contributed by atoms with E-state index in [4.69, 9.17) is 5.26 Å². The number of nitrogens with zero attached hydrogens (tertiary/aromatic N) is 1. The van der Waals surface area contributed by atoms with Crippen molar-refractivity contribution in [2.24, 2.45) is 5.92 Å². The molecule has 0 radical (unpaired) electrons. The standard InChI is InChI=1S/C7H11F3N2/c1-5(2)6(3-11)12-4-7(8,9)10/h5-6,12H,4H2,1-2H3. The molecule has 70 valence electrons. The van der Waals surface area contributed by atoms with Gasteiger partial charge in [-0.2, -0.15) is 18.4 Å². The monoisotopic (exact) mass is 180 g/mol. The molecule has 1 unspecified atom stereocenters. The molecule has 0 fully saturated rings. The van der Waals surface area contributed by atoms with Gasteiger partial charge >= 0.3 is 6.18 Å². The largest absolute Gasteiger partial charge is 0.401 e. The first-order chi connectivity index (χ1) is 5.37. The Morgan fingerprint density at radius 1 is 1.42 bits per heavy atom. The summed E-state index contributed by atoms with van der Waals surface area (Å²) in [6.07, 6.45) is -4.25. The zero-order valence-electron chi connectivity index (χ0n) is 6.94. The summed E-state index contributed by atoms with van der Waals surface area (Å²) in [5, 5.41) is 10.5. The molecule has 1 N–H and O–H groups in total. The Hall–Kier alpha value is -0.760. The van der Waals surface area contributed by atoms with Crippen molar-refractivity contribution in [1.82, 2.24) is 5.32 Å². The lowest BCUT2D eigenvalue weighted by atomic mass is 10.1. The first kappa shape index (κ1) is 11.2. The molecule has 0 rings (SSSR count). The van der Waals surface area contributed by atoms with Gasteiger partial charge < -0.3 is 0 Å². The van der Waals surface area contributed by atoms with Crippen LogP contribution in [0.2, 0.25) is 0 Å². The summed E-state index contributed by atoms with van der Waals surface area (Å²) in [5.41, 5.74) is 0. The molecule has 0 aliphatic heterocycles. The van der Waals surface area contributed by atoms with Crippen molar-refractivity contribution in [1.29, 1.82) is 5.26 Å². The lowest BCUT2D eigenvalue weighted by molar-refractivity contribution is -0.125. The SMILES string of the molecule is CC(C)C(C#N)NCC(F)(F)F. The van der Waals surface area contributed by atoms with Crippen LogP contribution in [-0.4, -0.2) is 18.8 Å². The van der Waals surface area contributed by atoms with Crippen LogP contribution in [0, 0.1) is 17.2 Å². The molecule has 0 aliphatic rings. The second-order valence-corrected chi connectivity index (χ2v) is 2.85. The molecule has 0 saturated heterocycles. The van der Waals surface area contributed by atoms with Crippen LogP contribution in [-0.2, 0) is 0 Å². The smallest absolute Gasteiger partial charge is 0.293 e. The molecule has 0 aromatic heterocycles.